The van der Waals surface area contributed by atoms with Gasteiger partial charge in [-0.05, 0) is 99.2 Å². The van der Waals surface area contributed by atoms with E-state index < -0.39 is 58.7 Å². The number of carbonyl (C=O) groups is 4. The molecule has 0 aliphatic heterocycles. The molecule has 0 radical (unpaired) electrons. The first-order chi connectivity index (χ1) is 21.3. The van der Waals surface area contributed by atoms with Gasteiger partial charge in [-0.15, -0.1) is 0 Å². The molecule has 0 fully saturated rings. The predicted molar refractivity (Wildman–Crippen MR) is 178 cm³/mol. The summed E-state index contributed by atoms with van der Waals surface area (Å²) in [6.45, 7) is 17.7. The lowest BCUT2D eigenvalue weighted by Crippen LogP contribution is -2.48. The first-order valence-corrected chi connectivity index (χ1v) is 17.4. The summed E-state index contributed by atoms with van der Waals surface area (Å²) in [6.07, 6.45) is 1.13. The molecule has 2 N–H and O–H groups in total. The molecule has 2 rings (SSSR count). The average molecular weight is 681 g/mol. The SMILES string of the molecule is CCC(C)[C@H](NC(=O)c1cccc(F)c1SSc1c(F)cccc1C(=O)N[C@@H](C(=O)OC(C)(C)C)C(C)CC)C(=O)OC(C)(C)C. The molecule has 0 bridgehead atoms. The number of hydrogen-bond donors (Lipinski definition) is 2. The van der Waals surface area contributed by atoms with Gasteiger partial charge in [-0.25, -0.2) is 18.4 Å². The van der Waals surface area contributed by atoms with Gasteiger partial charge < -0.3 is 20.1 Å². The molecule has 0 aliphatic carbocycles. The van der Waals surface area contributed by atoms with Crippen LogP contribution in [-0.2, 0) is 19.1 Å². The zero-order chi connectivity index (χ0) is 35.0. The number of nitrogens with one attached hydrogen (secondary N) is 2. The lowest BCUT2D eigenvalue weighted by Gasteiger charge is -2.28. The van der Waals surface area contributed by atoms with Crippen LogP contribution in [0.1, 0.15) is 103 Å². The maximum absolute atomic E-state index is 15.2. The first-order valence-electron chi connectivity index (χ1n) is 15.3. The lowest BCUT2D eigenvalue weighted by molar-refractivity contribution is -0.159. The van der Waals surface area contributed by atoms with E-state index in [0.717, 1.165) is 33.7 Å². The largest absolute Gasteiger partial charge is 0.458 e. The van der Waals surface area contributed by atoms with Crippen molar-refractivity contribution in [3.8, 4) is 0 Å². The van der Waals surface area contributed by atoms with Gasteiger partial charge in [-0.1, -0.05) is 52.7 Å². The highest BCUT2D eigenvalue weighted by molar-refractivity contribution is 8.76. The summed E-state index contributed by atoms with van der Waals surface area (Å²) in [5.41, 5.74) is -1.71. The van der Waals surface area contributed by atoms with E-state index in [9.17, 15) is 19.2 Å². The van der Waals surface area contributed by atoms with Crippen LogP contribution in [0.2, 0.25) is 0 Å². The smallest absolute Gasteiger partial charge is 0.329 e. The summed E-state index contributed by atoms with van der Waals surface area (Å²) in [4.78, 5) is 52.6. The molecule has 0 aliphatic rings. The monoisotopic (exact) mass is 680 g/mol. The van der Waals surface area contributed by atoms with Crippen LogP contribution in [0.15, 0.2) is 46.2 Å². The summed E-state index contributed by atoms with van der Waals surface area (Å²) in [6, 6.07) is 5.86. The van der Waals surface area contributed by atoms with Gasteiger partial charge in [-0.2, -0.15) is 0 Å². The lowest BCUT2D eigenvalue weighted by atomic mass is 9.98. The van der Waals surface area contributed by atoms with Gasteiger partial charge in [0.25, 0.3) is 11.8 Å². The van der Waals surface area contributed by atoms with Crippen molar-refractivity contribution in [3.05, 3.63) is 59.2 Å². The van der Waals surface area contributed by atoms with Crippen LogP contribution in [0, 0.1) is 23.5 Å². The third kappa shape index (κ3) is 11.3. The Morgan fingerprint density at radius 2 is 1.00 bits per heavy atom. The minimum atomic E-state index is -0.990. The summed E-state index contributed by atoms with van der Waals surface area (Å²) in [7, 11) is 1.51. The number of halogens is 2. The third-order valence-electron chi connectivity index (χ3n) is 6.95. The highest BCUT2D eigenvalue weighted by Crippen LogP contribution is 2.43. The molecule has 0 heterocycles. The average Bonchev–Trinajstić information content (AvgIpc) is 2.95. The maximum atomic E-state index is 15.2. The molecule has 0 aromatic heterocycles. The summed E-state index contributed by atoms with van der Waals surface area (Å²) in [5.74, 6) is -4.69. The normalized spacial score (nSPS) is 14.4. The number of ether oxygens (including phenoxy) is 2. The fourth-order valence-electron chi connectivity index (χ4n) is 4.13. The van der Waals surface area contributed by atoms with Crippen molar-refractivity contribution < 1.29 is 37.4 Å². The van der Waals surface area contributed by atoms with Crippen LogP contribution in [-0.4, -0.2) is 47.0 Å². The molecule has 2 amide bonds. The van der Waals surface area contributed by atoms with Gasteiger partial charge in [0.15, 0.2) is 0 Å². The van der Waals surface area contributed by atoms with E-state index in [-0.39, 0.29) is 32.8 Å². The summed E-state index contributed by atoms with van der Waals surface area (Å²) in [5, 5.41) is 5.39. The second kappa shape index (κ2) is 16.6. The maximum Gasteiger partial charge on any atom is 0.329 e. The Balaban J connectivity index is 2.39. The Hall–Kier alpha value is -3.12. The minimum absolute atomic E-state index is 0.0709. The Kier molecular flexibility index (Phi) is 14.1. The number of amides is 2. The molecule has 0 saturated heterocycles. The number of hydrogen-bond acceptors (Lipinski definition) is 8. The fourth-order valence-corrected chi connectivity index (χ4v) is 6.61. The third-order valence-corrected chi connectivity index (χ3v) is 9.45. The molecule has 12 heteroatoms. The van der Waals surface area contributed by atoms with Gasteiger partial charge in [0.05, 0.1) is 20.9 Å². The van der Waals surface area contributed by atoms with Crippen molar-refractivity contribution in [2.24, 2.45) is 11.8 Å². The summed E-state index contributed by atoms with van der Waals surface area (Å²) < 4.78 is 41.4. The predicted octanol–water partition coefficient (Wildman–Crippen LogP) is 7.74. The minimum Gasteiger partial charge on any atom is -0.458 e. The van der Waals surface area contributed by atoms with Crippen LogP contribution in [0.3, 0.4) is 0 Å². The van der Waals surface area contributed by atoms with Crippen LogP contribution in [0.4, 0.5) is 8.78 Å². The van der Waals surface area contributed by atoms with E-state index in [1.807, 2.05) is 13.8 Å². The Labute approximate surface area is 278 Å². The van der Waals surface area contributed by atoms with E-state index >= 15 is 8.78 Å². The Morgan fingerprint density at radius 3 is 1.28 bits per heavy atom. The molecule has 2 aromatic carbocycles. The molecule has 4 atom stereocenters. The molecule has 46 heavy (non-hydrogen) atoms. The van der Waals surface area contributed by atoms with Gasteiger partial charge in [0, 0.05) is 0 Å². The van der Waals surface area contributed by atoms with Crippen molar-refractivity contribution in [3.63, 3.8) is 0 Å². The van der Waals surface area contributed by atoms with Crippen molar-refractivity contribution in [2.45, 2.75) is 115 Å². The molecule has 8 nitrogen and oxygen atoms in total. The number of carbonyl (C=O) groups excluding carboxylic acids is 4. The van der Waals surface area contributed by atoms with E-state index in [1.165, 1.54) is 24.3 Å². The quantitative estimate of drug-likeness (QED) is 0.163. The van der Waals surface area contributed by atoms with Crippen LogP contribution in [0.25, 0.3) is 0 Å². The van der Waals surface area contributed by atoms with Crippen molar-refractivity contribution in [1.82, 2.24) is 10.6 Å². The van der Waals surface area contributed by atoms with Crippen molar-refractivity contribution in [1.29, 1.82) is 0 Å². The van der Waals surface area contributed by atoms with E-state index in [4.69, 9.17) is 9.47 Å². The van der Waals surface area contributed by atoms with Gasteiger partial charge in [-0.3, -0.25) is 9.59 Å². The second-order valence-corrected chi connectivity index (χ2v) is 15.3. The first kappa shape index (κ1) is 39.1. The molecule has 2 aromatic rings. The second-order valence-electron chi connectivity index (χ2n) is 13.1. The van der Waals surface area contributed by atoms with Gasteiger partial charge in [0.1, 0.15) is 34.9 Å². The molecule has 0 saturated carbocycles. The topological polar surface area (TPSA) is 111 Å². The molecule has 254 valence electrons. The van der Waals surface area contributed by atoms with E-state index in [1.54, 1.807) is 55.4 Å². The zero-order valence-corrected chi connectivity index (χ0v) is 29.8. The number of rotatable bonds is 13. The highest BCUT2D eigenvalue weighted by atomic mass is 33.1. The van der Waals surface area contributed by atoms with Crippen LogP contribution >= 0.6 is 21.6 Å². The van der Waals surface area contributed by atoms with Gasteiger partial charge >= 0.3 is 11.9 Å². The van der Waals surface area contributed by atoms with Gasteiger partial charge in [0.2, 0.25) is 0 Å². The molecule has 2 unspecified atom stereocenters. The zero-order valence-electron chi connectivity index (χ0n) is 28.2. The number of esters is 2. The van der Waals surface area contributed by atoms with E-state index in [2.05, 4.69) is 10.6 Å². The fraction of sp³-hybridized carbons (Fsp3) is 0.529. The Morgan fingerprint density at radius 1 is 0.674 bits per heavy atom. The molecular weight excluding hydrogens is 635 g/mol. The van der Waals surface area contributed by atoms with Crippen LogP contribution in [0.5, 0.6) is 0 Å². The van der Waals surface area contributed by atoms with Crippen molar-refractivity contribution >= 4 is 45.3 Å². The highest BCUT2D eigenvalue weighted by Gasteiger charge is 2.33. The standard InChI is InChI=1S/C34H46F2N2O6S2/c1-11-19(3)25(31(41)43-33(5,6)7)37-29(39)21-15-13-17-23(35)27(21)45-46-28-22(16-14-18-24(28)36)30(40)38-26(20(4)12-2)32(42)44-34(8,9)10/h13-20,25-26H,11-12H2,1-10H3,(H,37,39)(H,38,40)/t19?,20?,25-,26+. The van der Waals surface area contributed by atoms with E-state index in [0.29, 0.717) is 12.8 Å². The Bertz CT molecular complexity index is 1300. The number of benzene rings is 2. The van der Waals surface area contributed by atoms with Crippen LogP contribution < -0.4 is 10.6 Å². The van der Waals surface area contributed by atoms with Crippen molar-refractivity contribution in [2.75, 3.05) is 0 Å². The molecule has 0 spiro atoms. The summed E-state index contributed by atoms with van der Waals surface area (Å²) >= 11 is 0. The molecular formula is C34H46F2N2O6S2.